The molecule has 2 unspecified atom stereocenters. The molecule has 0 aliphatic rings. The third-order valence-corrected chi connectivity index (χ3v) is 21.5. The van der Waals surface area contributed by atoms with Crippen LogP contribution in [0, 0.1) is 17.8 Å². The molecule has 19 heteroatoms. The molecule has 0 bridgehead atoms. The molecule has 0 radical (unpaired) electrons. The van der Waals surface area contributed by atoms with Crippen LogP contribution >= 0.6 is 15.6 Å². The molecule has 103 heavy (non-hydrogen) atoms. The summed E-state index contributed by atoms with van der Waals surface area (Å²) in [5, 5.41) is 10.7. The number of carbonyl (C=O) groups excluding carboxylic acids is 4. The molecule has 612 valence electrons. The number of rotatable bonds is 82. The lowest BCUT2D eigenvalue weighted by Gasteiger charge is -2.21. The quantitative estimate of drug-likeness (QED) is 0.0222. The maximum Gasteiger partial charge on any atom is 0.472 e. The Hall–Kier alpha value is -1.94. The van der Waals surface area contributed by atoms with Crippen molar-refractivity contribution in [2.45, 2.75) is 458 Å². The van der Waals surface area contributed by atoms with Gasteiger partial charge in [0.1, 0.15) is 19.3 Å². The second kappa shape index (κ2) is 74.2. The predicted molar refractivity (Wildman–Crippen MR) is 423 cm³/mol. The molecule has 0 amide bonds. The first-order valence-corrected chi connectivity index (χ1v) is 46.3. The summed E-state index contributed by atoms with van der Waals surface area (Å²) in [6, 6.07) is 0. The number of aliphatic hydroxyl groups is 1. The van der Waals surface area contributed by atoms with E-state index in [1.807, 2.05) is 0 Å². The molecule has 0 rings (SSSR count). The van der Waals surface area contributed by atoms with Crippen LogP contribution in [0.4, 0.5) is 0 Å². The van der Waals surface area contributed by atoms with E-state index in [0.717, 1.165) is 108 Å². The lowest BCUT2D eigenvalue weighted by atomic mass is 10.0. The molecular formula is C84H164O17P2. The van der Waals surface area contributed by atoms with Gasteiger partial charge in [-0.05, 0) is 43.4 Å². The fraction of sp³-hybridized carbons (Fsp3) is 0.952. The zero-order valence-corrected chi connectivity index (χ0v) is 69.6. The van der Waals surface area contributed by atoms with Gasteiger partial charge in [0.05, 0.1) is 26.4 Å². The Morgan fingerprint density at radius 1 is 0.262 bits per heavy atom. The number of hydrogen-bond acceptors (Lipinski definition) is 15. The van der Waals surface area contributed by atoms with Crippen molar-refractivity contribution in [3.63, 3.8) is 0 Å². The largest absolute Gasteiger partial charge is 0.472 e. The Morgan fingerprint density at radius 2 is 0.447 bits per heavy atom. The van der Waals surface area contributed by atoms with Crippen LogP contribution in [0.25, 0.3) is 0 Å². The molecule has 0 aliphatic carbocycles. The normalized spacial score (nSPS) is 13.9. The molecule has 0 saturated heterocycles. The van der Waals surface area contributed by atoms with E-state index in [1.54, 1.807) is 0 Å². The smallest absolute Gasteiger partial charge is 0.462 e. The van der Waals surface area contributed by atoms with Gasteiger partial charge in [0.15, 0.2) is 12.2 Å². The summed E-state index contributed by atoms with van der Waals surface area (Å²) in [6.07, 6.45) is 63.8. The first kappa shape index (κ1) is 101. The molecule has 0 fully saturated rings. The molecule has 0 aromatic rings. The second-order valence-electron chi connectivity index (χ2n) is 31.6. The first-order chi connectivity index (χ1) is 49.7. The summed E-state index contributed by atoms with van der Waals surface area (Å²) in [5.41, 5.74) is 0. The van der Waals surface area contributed by atoms with E-state index >= 15 is 0 Å². The lowest BCUT2D eigenvalue weighted by molar-refractivity contribution is -0.161. The Labute approximate surface area is 632 Å². The molecule has 0 aromatic heterocycles. The van der Waals surface area contributed by atoms with Crippen molar-refractivity contribution in [1.29, 1.82) is 0 Å². The van der Waals surface area contributed by atoms with Crippen molar-refractivity contribution >= 4 is 39.5 Å². The summed E-state index contributed by atoms with van der Waals surface area (Å²) in [5.74, 6) is 0.282. The fourth-order valence-corrected chi connectivity index (χ4v) is 14.6. The maximum atomic E-state index is 13.1. The van der Waals surface area contributed by atoms with Gasteiger partial charge in [0.25, 0.3) is 0 Å². The molecular weight excluding hydrogens is 1340 g/mol. The average molecular weight is 1510 g/mol. The Bertz CT molecular complexity index is 1990. The molecule has 0 heterocycles. The molecule has 0 aromatic carbocycles. The number of unbranched alkanes of at least 4 members (excludes halogenated alkanes) is 50. The molecule has 5 atom stereocenters. The van der Waals surface area contributed by atoms with E-state index in [4.69, 9.17) is 37.0 Å². The van der Waals surface area contributed by atoms with E-state index in [1.165, 1.54) is 250 Å². The van der Waals surface area contributed by atoms with E-state index in [-0.39, 0.29) is 25.7 Å². The zero-order chi connectivity index (χ0) is 75.8. The first-order valence-electron chi connectivity index (χ1n) is 43.3. The van der Waals surface area contributed by atoms with Crippen LogP contribution in [-0.2, 0) is 65.4 Å². The minimum atomic E-state index is -4.96. The fourth-order valence-electron chi connectivity index (χ4n) is 13.0. The van der Waals surface area contributed by atoms with E-state index in [0.29, 0.717) is 25.7 Å². The van der Waals surface area contributed by atoms with Gasteiger partial charge in [-0.15, -0.1) is 0 Å². The lowest BCUT2D eigenvalue weighted by Crippen LogP contribution is -2.30. The standard InChI is InChI=1S/C84H164O17P2/c1-8-9-10-11-12-13-27-37-44-51-58-65-81(86)94-71-79(101-84(89)68-61-54-47-40-33-26-25-30-36-43-50-57-64-77(6)7)73-98-102(90,91)96-69-78(85)70-97-103(92,93)99-74-80(72-95-82(87)66-59-52-45-38-31-24-20-22-29-35-42-49-56-63-76(4)5)100-83(88)67-60-53-46-39-32-23-19-17-15-14-16-18-21-28-34-41-48-55-62-75(2)3/h75-80,85H,8-74H2,1-7H3,(H,90,91)(H,92,93)/t78-,79+,80+/m0/s1. The summed E-state index contributed by atoms with van der Waals surface area (Å²) < 4.78 is 68.8. The molecule has 17 nitrogen and oxygen atoms in total. The highest BCUT2D eigenvalue weighted by molar-refractivity contribution is 7.47. The second-order valence-corrected chi connectivity index (χ2v) is 34.6. The van der Waals surface area contributed by atoms with Crippen LogP contribution in [0.3, 0.4) is 0 Å². The number of hydrogen-bond donors (Lipinski definition) is 3. The van der Waals surface area contributed by atoms with Gasteiger partial charge in [-0.3, -0.25) is 37.3 Å². The number of aliphatic hydroxyl groups excluding tert-OH is 1. The summed E-state index contributed by atoms with van der Waals surface area (Å²) in [6.45, 7) is 12.0. The van der Waals surface area contributed by atoms with Crippen molar-refractivity contribution in [2.24, 2.45) is 17.8 Å². The highest BCUT2D eigenvalue weighted by Gasteiger charge is 2.30. The van der Waals surface area contributed by atoms with Crippen molar-refractivity contribution in [2.75, 3.05) is 39.6 Å². The van der Waals surface area contributed by atoms with Crippen molar-refractivity contribution in [3.05, 3.63) is 0 Å². The van der Waals surface area contributed by atoms with Crippen LogP contribution in [0.5, 0.6) is 0 Å². The molecule has 0 spiro atoms. The number of phosphoric ester groups is 2. The van der Waals surface area contributed by atoms with E-state index in [9.17, 15) is 43.2 Å². The Balaban J connectivity index is 5.24. The van der Waals surface area contributed by atoms with Crippen LogP contribution in [0.2, 0.25) is 0 Å². The summed E-state index contributed by atoms with van der Waals surface area (Å²) in [4.78, 5) is 73.1. The molecule has 0 saturated carbocycles. The predicted octanol–water partition coefficient (Wildman–Crippen LogP) is 25.3. The van der Waals surface area contributed by atoms with Gasteiger partial charge in [-0.1, -0.05) is 389 Å². The van der Waals surface area contributed by atoms with E-state index < -0.39 is 97.5 Å². The number of phosphoric acid groups is 2. The minimum Gasteiger partial charge on any atom is -0.462 e. The van der Waals surface area contributed by atoms with Gasteiger partial charge in [-0.25, -0.2) is 9.13 Å². The third kappa shape index (κ3) is 78.0. The highest BCUT2D eigenvalue weighted by atomic mass is 31.2. The average Bonchev–Trinajstić information content (AvgIpc) is 0.923. The summed E-state index contributed by atoms with van der Waals surface area (Å²) >= 11 is 0. The zero-order valence-electron chi connectivity index (χ0n) is 67.8. The number of esters is 4. The Morgan fingerprint density at radius 3 is 0.660 bits per heavy atom. The Kier molecular flexibility index (Phi) is 72.8. The van der Waals surface area contributed by atoms with Gasteiger partial charge < -0.3 is 33.8 Å². The van der Waals surface area contributed by atoms with Gasteiger partial charge in [-0.2, -0.15) is 0 Å². The minimum absolute atomic E-state index is 0.107. The van der Waals surface area contributed by atoms with Crippen LogP contribution < -0.4 is 0 Å². The van der Waals surface area contributed by atoms with Crippen LogP contribution in [0.15, 0.2) is 0 Å². The van der Waals surface area contributed by atoms with Gasteiger partial charge in [0.2, 0.25) is 0 Å². The molecule has 0 aliphatic heterocycles. The maximum absolute atomic E-state index is 13.1. The van der Waals surface area contributed by atoms with Crippen molar-refractivity contribution in [3.8, 4) is 0 Å². The van der Waals surface area contributed by atoms with Crippen molar-refractivity contribution in [1.82, 2.24) is 0 Å². The monoisotopic (exact) mass is 1510 g/mol. The van der Waals surface area contributed by atoms with Gasteiger partial charge in [0, 0.05) is 25.7 Å². The van der Waals surface area contributed by atoms with Gasteiger partial charge >= 0.3 is 39.5 Å². The topological polar surface area (TPSA) is 237 Å². The number of ether oxygens (including phenoxy) is 4. The highest BCUT2D eigenvalue weighted by Crippen LogP contribution is 2.45. The molecule has 3 N–H and O–H groups in total. The number of carbonyl (C=O) groups is 4. The third-order valence-electron chi connectivity index (χ3n) is 19.6. The summed E-state index contributed by atoms with van der Waals surface area (Å²) in [7, 11) is -9.93. The van der Waals surface area contributed by atoms with Crippen LogP contribution in [-0.4, -0.2) is 96.7 Å². The van der Waals surface area contributed by atoms with Crippen molar-refractivity contribution < 1.29 is 80.2 Å². The van der Waals surface area contributed by atoms with E-state index in [2.05, 4.69) is 48.5 Å². The van der Waals surface area contributed by atoms with Crippen LogP contribution in [0.1, 0.15) is 440 Å². The SMILES string of the molecule is CCCCCCCCCCCCCC(=O)OC[C@H](COP(=O)(O)OC[C@H](O)COP(=O)(O)OC[C@@H](COC(=O)CCCCCCCCCCCCCCCC(C)C)OC(=O)CCCCCCCCCCCCCCCCCCCCC(C)C)OC(=O)CCCCCCCCCCCCCCC(C)C.